The molecule has 1 saturated heterocycles. The predicted octanol–water partition coefficient (Wildman–Crippen LogP) is 4.56. The van der Waals surface area contributed by atoms with Crippen LogP contribution in [-0.4, -0.2) is 39.4 Å². The maximum Gasteiger partial charge on any atom is 0.269 e. The monoisotopic (exact) mass is 453 g/mol. The van der Waals surface area contributed by atoms with Gasteiger partial charge in [-0.25, -0.2) is 4.98 Å². The molecule has 1 aliphatic heterocycles. The molecule has 158 valence electrons. The average Bonchev–Trinajstić information content (AvgIpc) is 3.59. The molecule has 10 heteroatoms. The van der Waals surface area contributed by atoms with Crippen molar-refractivity contribution in [2.45, 2.75) is 18.9 Å². The van der Waals surface area contributed by atoms with Crippen molar-refractivity contribution in [2.75, 3.05) is 19.0 Å². The number of anilines is 1. The molecule has 1 atom stereocenters. The number of hydrogen-bond acceptors (Lipinski definition) is 8. The Morgan fingerprint density at radius 3 is 2.71 bits per heavy atom. The van der Waals surface area contributed by atoms with Gasteiger partial charge < -0.3 is 14.0 Å². The fourth-order valence-corrected chi connectivity index (χ4v) is 5.09. The fourth-order valence-electron chi connectivity index (χ4n) is 3.32. The lowest BCUT2D eigenvalue weighted by Gasteiger charge is -2.04. The Labute approximate surface area is 186 Å². The lowest BCUT2D eigenvalue weighted by atomic mass is 10.1. The first-order chi connectivity index (χ1) is 15.2. The maximum atomic E-state index is 13.2. The van der Waals surface area contributed by atoms with Crippen LogP contribution in [0.15, 0.2) is 48.8 Å². The van der Waals surface area contributed by atoms with E-state index in [2.05, 4.69) is 15.5 Å². The van der Waals surface area contributed by atoms with E-state index in [4.69, 9.17) is 14.5 Å². The molecule has 31 heavy (non-hydrogen) atoms. The van der Waals surface area contributed by atoms with Crippen LogP contribution in [0.4, 0.5) is 5.13 Å². The van der Waals surface area contributed by atoms with Crippen LogP contribution in [0.5, 0.6) is 5.75 Å². The summed E-state index contributed by atoms with van der Waals surface area (Å²) in [7, 11) is 1.62. The van der Waals surface area contributed by atoms with Crippen molar-refractivity contribution in [3.05, 3.63) is 58.7 Å². The minimum absolute atomic E-state index is 0.0261. The SMILES string of the molecule is COc1ccc(-c2nc(-n3cccc3)sc2C(=O)Nc2nnc([C@@H]3CCCO3)s2)cc1. The van der Waals surface area contributed by atoms with Gasteiger partial charge in [0.2, 0.25) is 5.13 Å². The molecule has 1 N–H and O–H groups in total. The summed E-state index contributed by atoms with van der Waals surface area (Å²) in [5.41, 5.74) is 1.44. The van der Waals surface area contributed by atoms with Gasteiger partial charge in [0.15, 0.2) is 5.13 Å². The predicted molar refractivity (Wildman–Crippen MR) is 119 cm³/mol. The smallest absolute Gasteiger partial charge is 0.269 e. The van der Waals surface area contributed by atoms with Crippen molar-refractivity contribution in [1.82, 2.24) is 19.7 Å². The first-order valence-electron chi connectivity index (χ1n) is 9.76. The van der Waals surface area contributed by atoms with Crippen LogP contribution in [0.25, 0.3) is 16.4 Å². The number of thiazole rings is 1. The Bertz CT molecular complexity index is 1180. The molecule has 5 rings (SSSR count). The highest BCUT2D eigenvalue weighted by atomic mass is 32.1. The number of carbonyl (C=O) groups is 1. The highest BCUT2D eigenvalue weighted by Gasteiger charge is 2.24. The molecule has 1 aromatic carbocycles. The summed E-state index contributed by atoms with van der Waals surface area (Å²) in [6.45, 7) is 0.736. The molecule has 4 aromatic rings. The molecule has 0 aliphatic carbocycles. The fraction of sp³-hybridized carbons (Fsp3) is 0.238. The lowest BCUT2D eigenvalue weighted by Crippen LogP contribution is -2.11. The Balaban J connectivity index is 1.45. The van der Waals surface area contributed by atoms with Crippen LogP contribution in [0, 0.1) is 0 Å². The molecule has 4 heterocycles. The topological polar surface area (TPSA) is 91.2 Å². The van der Waals surface area contributed by atoms with Crippen molar-refractivity contribution in [1.29, 1.82) is 0 Å². The Hall–Kier alpha value is -3.08. The van der Waals surface area contributed by atoms with Gasteiger partial charge in [-0.15, -0.1) is 10.2 Å². The second-order valence-corrected chi connectivity index (χ2v) is 8.88. The first-order valence-corrected chi connectivity index (χ1v) is 11.4. The van der Waals surface area contributed by atoms with Gasteiger partial charge >= 0.3 is 0 Å². The quantitative estimate of drug-likeness (QED) is 0.460. The molecule has 1 fully saturated rings. The third-order valence-electron chi connectivity index (χ3n) is 4.88. The van der Waals surface area contributed by atoms with Crippen molar-refractivity contribution in [2.24, 2.45) is 0 Å². The number of rotatable bonds is 6. The van der Waals surface area contributed by atoms with E-state index in [1.165, 1.54) is 22.7 Å². The van der Waals surface area contributed by atoms with E-state index in [1.807, 2.05) is 53.4 Å². The van der Waals surface area contributed by atoms with Crippen LogP contribution in [-0.2, 0) is 4.74 Å². The third-order valence-corrected chi connectivity index (χ3v) is 6.88. The molecule has 0 radical (unpaired) electrons. The summed E-state index contributed by atoms with van der Waals surface area (Å²) in [6, 6.07) is 11.3. The minimum Gasteiger partial charge on any atom is -0.497 e. The normalized spacial score (nSPS) is 15.8. The summed E-state index contributed by atoms with van der Waals surface area (Å²) in [6.07, 6.45) is 5.72. The number of nitrogens with zero attached hydrogens (tertiary/aromatic N) is 4. The van der Waals surface area contributed by atoms with Crippen LogP contribution in [0.1, 0.15) is 33.6 Å². The molecule has 0 spiro atoms. The van der Waals surface area contributed by atoms with Gasteiger partial charge in [0.1, 0.15) is 21.7 Å². The van der Waals surface area contributed by atoms with Crippen molar-refractivity contribution < 1.29 is 14.3 Å². The lowest BCUT2D eigenvalue weighted by molar-refractivity contribution is 0.103. The highest BCUT2D eigenvalue weighted by molar-refractivity contribution is 7.17. The van der Waals surface area contributed by atoms with Gasteiger partial charge in [0.05, 0.1) is 12.8 Å². The highest BCUT2D eigenvalue weighted by Crippen LogP contribution is 2.34. The number of aromatic nitrogens is 4. The average molecular weight is 454 g/mol. The van der Waals surface area contributed by atoms with Crippen molar-refractivity contribution >= 4 is 33.7 Å². The van der Waals surface area contributed by atoms with Crippen LogP contribution < -0.4 is 10.1 Å². The summed E-state index contributed by atoms with van der Waals surface area (Å²) in [5, 5.41) is 13.1. The van der Waals surface area contributed by atoms with E-state index in [-0.39, 0.29) is 12.0 Å². The Morgan fingerprint density at radius 1 is 1.19 bits per heavy atom. The number of carbonyl (C=O) groups excluding carboxylic acids is 1. The molecule has 8 nitrogen and oxygen atoms in total. The zero-order valence-corrected chi connectivity index (χ0v) is 18.3. The van der Waals surface area contributed by atoms with Gasteiger partial charge in [-0.1, -0.05) is 22.7 Å². The van der Waals surface area contributed by atoms with Gasteiger partial charge in [-0.05, 0) is 49.2 Å². The summed E-state index contributed by atoms with van der Waals surface area (Å²) < 4.78 is 12.8. The number of hydrogen-bond donors (Lipinski definition) is 1. The second kappa shape index (κ2) is 8.58. The number of benzene rings is 1. The van der Waals surface area contributed by atoms with E-state index in [9.17, 15) is 4.79 Å². The molecule has 0 saturated carbocycles. The van der Waals surface area contributed by atoms with Crippen LogP contribution >= 0.6 is 22.7 Å². The second-order valence-electron chi connectivity index (χ2n) is 6.89. The van der Waals surface area contributed by atoms with E-state index in [0.29, 0.717) is 20.8 Å². The Kier molecular flexibility index (Phi) is 5.49. The van der Waals surface area contributed by atoms with Crippen molar-refractivity contribution in [3.63, 3.8) is 0 Å². The van der Waals surface area contributed by atoms with E-state index in [0.717, 1.165) is 35.8 Å². The van der Waals surface area contributed by atoms with Gasteiger partial charge in [0, 0.05) is 24.6 Å². The molecule has 1 amide bonds. The van der Waals surface area contributed by atoms with E-state index >= 15 is 0 Å². The maximum absolute atomic E-state index is 13.2. The van der Waals surface area contributed by atoms with Crippen LogP contribution in [0.3, 0.4) is 0 Å². The summed E-state index contributed by atoms with van der Waals surface area (Å²) in [5.74, 6) is 0.475. The molecule has 0 bridgehead atoms. The number of methoxy groups -OCH3 is 1. The zero-order chi connectivity index (χ0) is 21.2. The summed E-state index contributed by atoms with van der Waals surface area (Å²) >= 11 is 2.67. The Morgan fingerprint density at radius 2 is 2.00 bits per heavy atom. The van der Waals surface area contributed by atoms with Gasteiger partial charge in [0.25, 0.3) is 5.91 Å². The van der Waals surface area contributed by atoms with Crippen molar-refractivity contribution in [3.8, 4) is 22.1 Å². The van der Waals surface area contributed by atoms with E-state index < -0.39 is 0 Å². The third kappa shape index (κ3) is 4.09. The molecule has 0 unspecified atom stereocenters. The summed E-state index contributed by atoms with van der Waals surface area (Å²) in [4.78, 5) is 18.4. The number of ether oxygens (including phenoxy) is 2. The van der Waals surface area contributed by atoms with Gasteiger partial charge in [-0.3, -0.25) is 10.1 Å². The largest absolute Gasteiger partial charge is 0.497 e. The zero-order valence-electron chi connectivity index (χ0n) is 16.6. The van der Waals surface area contributed by atoms with E-state index in [1.54, 1.807) is 7.11 Å². The van der Waals surface area contributed by atoms with Gasteiger partial charge in [-0.2, -0.15) is 0 Å². The minimum atomic E-state index is -0.267. The molecule has 1 aliphatic rings. The van der Waals surface area contributed by atoms with Crippen LogP contribution in [0.2, 0.25) is 0 Å². The number of amides is 1. The standard InChI is InChI=1S/C21H19N5O3S2/c1-28-14-8-6-13(7-9-14)16-17(30-21(22-16)26-10-2-3-11-26)18(27)23-20-25-24-19(31-20)15-5-4-12-29-15/h2-3,6-11,15H,4-5,12H2,1H3,(H,23,25,27)/t15-/m0/s1. The first kappa shape index (κ1) is 19.9. The number of nitrogens with one attached hydrogen (secondary N) is 1. The molecule has 3 aromatic heterocycles. The molecular weight excluding hydrogens is 434 g/mol. The molecular formula is C21H19N5O3S2.